The predicted molar refractivity (Wildman–Crippen MR) is 76.0 cm³/mol. The Kier molecular flexibility index (Phi) is 4.24. The molecule has 1 aromatic rings. The van der Waals surface area contributed by atoms with E-state index in [1.54, 1.807) is 12.1 Å². The molecule has 1 heterocycles. The molecule has 0 N–H and O–H groups in total. The molecule has 1 saturated heterocycles. The summed E-state index contributed by atoms with van der Waals surface area (Å²) in [6.45, 7) is 1.82. The molecule has 2 atom stereocenters. The average Bonchev–Trinajstić information content (AvgIpc) is 2.41. The van der Waals surface area contributed by atoms with Crippen LogP contribution in [0.15, 0.2) is 24.3 Å². The van der Waals surface area contributed by atoms with E-state index < -0.39 is 26.8 Å². The highest BCUT2D eigenvalue weighted by molar-refractivity contribution is 7.92. The van der Waals surface area contributed by atoms with Crippen molar-refractivity contribution >= 4 is 15.6 Å². The summed E-state index contributed by atoms with van der Waals surface area (Å²) in [5.74, 6) is -1.41. The molecular weight excluding hydrogens is 274 g/mol. The van der Waals surface area contributed by atoms with Gasteiger partial charge in [-0.15, -0.1) is 0 Å². The lowest BCUT2D eigenvalue weighted by molar-refractivity contribution is -0.119. The molecule has 2 unspecified atom stereocenters. The summed E-state index contributed by atoms with van der Waals surface area (Å²) in [4.78, 5) is 12.5. The van der Waals surface area contributed by atoms with Crippen LogP contribution in [-0.2, 0) is 14.6 Å². The van der Waals surface area contributed by atoms with Crippen LogP contribution in [-0.4, -0.2) is 25.2 Å². The largest absolute Gasteiger partial charge is 0.296 e. The number of carbonyl (C=O) groups is 1. The Morgan fingerprint density at radius 3 is 2.65 bits per heavy atom. The third kappa shape index (κ3) is 2.75. The lowest BCUT2D eigenvalue weighted by Gasteiger charge is -2.23. The topological polar surface area (TPSA) is 75.0 Å². The number of Topliss-reactive ketones (excluding diaryl/α,β-unsaturated/α-hetero) is 1. The lowest BCUT2D eigenvalue weighted by atomic mass is 9.90. The number of benzene rings is 1. The van der Waals surface area contributed by atoms with Crippen molar-refractivity contribution in [1.82, 2.24) is 0 Å². The fourth-order valence-corrected chi connectivity index (χ4v) is 4.56. The first-order chi connectivity index (χ1) is 9.47. The first-order valence-corrected chi connectivity index (χ1v) is 8.39. The van der Waals surface area contributed by atoms with Crippen LogP contribution in [0.5, 0.6) is 0 Å². The Hall–Kier alpha value is -1.67. The SMILES string of the molecule is Cc1ccccc1C(C#N)C(=O)C1CCCCS1(=O)=O. The Labute approximate surface area is 119 Å². The van der Waals surface area contributed by atoms with Crippen molar-refractivity contribution in [3.63, 3.8) is 0 Å². The van der Waals surface area contributed by atoms with Gasteiger partial charge in [0.2, 0.25) is 0 Å². The molecular formula is C15H17NO3S. The maximum atomic E-state index is 12.5. The van der Waals surface area contributed by atoms with Crippen molar-refractivity contribution in [3.8, 4) is 6.07 Å². The fraction of sp³-hybridized carbons (Fsp3) is 0.467. The molecule has 1 aromatic carbocycles. The van der Waals surface area contributed by atoms with Gasteiger partial charge in [-0.05, 0) is 30.9 Å². The molecule has 0 aliphatic carbocycles. The van der Waals surface area contributed by atoms with Crippen LogP contribution >= 0.6 is 0 Å². The summed E-state index contributed by atoms with van der Waals surface area (Å²) in [6, 6.07) is 9.11. The zero-order chi connectivity index (χ0) is 14.8. The van der Waals surface area contributed by atoms with Crippen LogP contribution in [0.1, 0.15) is 36.3 Å². The summed E-state index contributed by atoms with van der Waals surface area (Å²) in [5, 5.41) is 8.30. The number of nitrogens with zero attached hydrogens (tertiary/aromatic N) is 1. The van der Waals surface area contributed by atoms with Gasteiger partial charge in [-0.1, -0.05) is 30.7 Å². The molecule has 0 radical (unpaired) electrons. The molecule has 0 aromatic heterocycles. The minimum atomic E-state index is -3.40. The molecule has 1 fully saturated rings. The quantitative estimate of drug-likeness (QED) is 0.855. The van der Waals surface area contributed by atoms with Gasteiger partial charge < -0.3 is 0 Å². The van der Waals surface area contributed by atoms with Crippen molar-refractivity contribution in [1.29, 1.82) is 5.26 Å². The van der Waals surface area contributed by atoms with Crippen LogP contribution in [0.3, 0.4) is 0 Å². The molecule has 1 aliphatic heterocycles. The molecule has 0 saturated carbocycles. The highest BCUT2D eigenvalue weighted by Gasteiger charge is 2.39. The zero-order valence-corrected chi connectivity index (χ0v) is 12.2. The third-order valence-electron chi connectivity index (χ3n) is 3.81. The average molecular weight is 291 g/mol. The highest BCUT2D eigenvalue weighted by atomic mass is 32.2. The predicted octanol–water partition coefficient (Wildman–Crippen LogP) is 2.14. The van der Waals surface area contributed by atoms with E-state index >= 15 is 0 Å². The number of hydrogen-bond donors (Lipinski definition) is 0. The summed E-state index contributed by atoms with van der Waals surface area (Å²) in [6.07, 6.45) is 1.67. The summed E-state index contributed by atoms with van der Waals surface area (Å²) < 4.78 is 24.1. The van der Waals surface area contributed by atoms with E-state index in [0.29, 0.717) is 18.4 Å². The van der Waals surface area contributed by atoms with Gasteiger partial charge in [-0.2, -0.15) is 5.26 Å². The van der Waals surface area contributed by atoms with Crippen LogP contribution in [0.4, 0.5) is 0 Å². The molecule has 0 spiro atoms. The monoisotopic (exact) mass is 291 g/mol. The number of aryl methyl sites for hydroxylation is 1. The first-order valence-electron chi connectivity index (χ1n) is 6.68. The smallest absolute Gasteiger partial charge is 0.172 e. The minimum absolute atomic E-state index is 0.0509. The van der Waals surface area contributed by atoms with Gasteiger partial charge in [0.25, 0.3) is 0 Å². The van der Waals surface area contributed by atoms with Gasteiger partial charge in [0.05, 0.1) is 11.8 Å². The number of hydrogen-bond acceptors (Lipinski definition) is 4. The standard InChI is InChI=1S/C15H17NO3S/c1-11-6-2-3-7-12(11)13(10-16)15(17)14-8-4-5-9-20(14,18)19/h2-3,6-7,13-14H,4-5,8-9H2,1H3. The van der Waals surface area contributed by atoms with Crippen molar-refractivity contribution in [2.75, 3.05) is 5.75 Å². The molecule has 0 amide bonds. The third-order valence-corrected chi connectivity index (χ3v) is 6.00. The highest BCUT2D eigenvalue weighted by Crippen LogP contribution is 2.28. The molecule has 0 bridgehead atoms. The van der Waals surface area contributed by atoms with Crippen molar-refractivity contribution in [2.45, 2.75) is 37.4 Å². The second-order valence-electron chi connectivity index (χ2n) is 5.17. The number of ketones is 1. The number of rotatable bonds is 3. The Balaban J connectivity index is 2.36. The Morgan fingerprint density at radius 1 is 1.35 bits per heavy atom. The van der Waals surface area contributed by atoms with E-state index in [0.717, 1.165) is 12.0 Å². The van der Waals surface area contributed by atoms with Gasteiger partial charge >= 0.3 is 0 Å². The summed E-state index contributed by atoms with van der Waals surface area (Å²) in [5.41, 5.74) is 1.45. The molecule has 2 rings (SSSR count). The maximum absolute atomic E-state index is 12.5. The lowest BCUT2D eigenvalue weighted by Crippen LogP contribution is -2.38. The van der Waals surface area contributed by atoms with Crippen LogP contribution in [0.25, 0.3) is 0 Å². The van der Waals surface area contributed by atoms with E-state index in [-0.39, 0.29) is 5.75 Å². The first kappa shape index (κ1) is 14.7. The van der Waals surface area contributed by atoms with E-state index in [1.165, 1.54) is 0 Å². The maximum Gasteiger partial charge on any atom is 0.172 e. The molecule has 5 heteroatoms. The van der Waals surface area contributed by atoms with Gasteiger partial charge in [0, 0.05) is 0 Å². The molecule has 4 nitrogen and oxygen atoms in total. The van der Waals surface area contributed by atoms with Gasteiger partial charge in [0.1, 0.15) is 11.2 Å². The second kappa shape index (κ2) is 5.76. The van der Waals surface area contributed by atoms with E-state index in [4.69, 9.17) is 0 Å². The zero-order valence-electron chi connectivity index (χ0n) is 11.4. The fourth-order valence-electron chi connectivity index (χ4n) is 2.66. The van der Waals surface area contributed by atoms with Crippen molar-refractivity contribution in [2.24, 2.45) is 0 Å². The van der Waals surface area contributed by atoms with Crippen LogP contribution in [0, 0.1) is 18.3 Å². The number of sulfone groups is 1. The molecule has 106 valence electrons. The van der Waals surface area contributed by atoms with Gasteiger partial charge in [-0.25, -0.2) is 8.42 Å². The second-order valence-corrected chi connectivity index (χ2v) is 7.48. The van der Waals surface area contributed by atoms with Crippen LogP contribution in [0.2, 0.25) is 0 Å². The van der Waals surface area contributed by atoms with Gasteiger partial charge in [-0.3, -0.25) is 4.79 Å². The summed E-state index contributed by atoms with van der Waals surface area (Å²) >= 11 is 0. The Morgan fingerprint density at radius 2 is 2.05 bits per heavy atom. The minimum Gasteiger partial charge on any atom is -0.296 e. The molecule has 20 heavy (non-hydrogen) atoms. The van der Waals surface area contributed by atoms with E-state index in [9.17, 15) is 18.5 Å². The molecule has 1 aliphatic rings. The number of nitriles is 1. The normalized spacial score (nSPS) is 22.7. The number of carbonyl (C=O) groups excluding carboxylic acids is 1. The van der Waals surface area contributed by atoms with Gasteiger partial charge in [0.15, 0.2) is 15.6 Å². The van der Waals surface area contributed by atoms with E-state index in [1.807, 2.05) is 25.1 Å². The van der Waals surface area contributed by atoms with Crippen molar-refractivity contribution < 1.29 is 13.2 Å². The van der Waals surface area contributed by atoms with Crippen molar-refractivity contribution in [3.05, 3.63) is 35.4 Å². The summed E-state index contributed by atoms with van der Waals surface area (Å²) in [7, 11) is -3.40. The van der Waals surface area contributed by atoms with E-state index in [2.05, 4.69) is 0 Å². The van der Waals surface area contributed by atoms with Crippen LogP contribution < -0.4 is 0 Å². The Bertz CT molecular complexity index is 658.